The van der Waals surface area contributed by atoms with Crippen LogP contribution >= 0.6 is 11.6 Å². The number of halogens is 1. The van der Waals surface area contributed by atoms with Crippen molar-refractivity contribution in [3.63, 3.8) is 0 Å². The number of nitrogens with two attached hydrogens (primary N) is 1. The minimum atomic E-state index is 0.305. The molecule has 0 aliphatic heterocycles. The van der Waals surface area contributed by atoms with E-state index in [0.29, 0.717) is 42.3 Å². The van der Waals surface area contributed by atoms with Crippen LogP contribution in [0.2, 0.25) is 5.02 Å². The van der Waals surface area contributed by atoms with Crippen molar-refractivity contribution in [1.29, 1.82) is 0 Å². The van der Waals surface area contributed by atoms with Crippen molar-refractivity contribution < 1.29 is 9.47 Å². The van der Waals surface area contributed by atoms with Crippen molar-refractivity contribution in [2.24, 2.45) is 11.7 Å². The van der Waals surface area contributed by atoms with Crippen LogP contribution in [0.25, 0.3) is 0 Å². The SMILES string of the molecule is CC(C)COCCOc1ccc(Cl)c(CN)n1. The quantitative estimate of drug-likeness (QED) is 0.762. The summed E-state index contributed by atoms with van der Waals surface area (Å²) in [6.45, 7) is 6.29. The van der Waals surface area contributed by atoms with Crippen molar-refractivity contribution in [2.75, 3.05) is 19.8 Å². The van der Waals surface area contributed by atoms with Crippen molar-refractivity contribution in [1.82, 2.24) is 4.98 Å². The Morgan fingerprint density at radius 2 is 2.12 bits per heavy atom. The number of rotatable bonds is 7. The fraction of sp³-hybridized carbons (Fsp3) is 0.583. The molecule has 0 unspecified atom stereocenters. The maximum absolute atomic E-state index is 5.89. The Morgan fingerprint density at radius 1 is 1.35 bits per heavy atom. The first-order valence-corrected chi connectivity index (χ1v) is 6.07. The molecule has 17 heavy (non-hydrogen) atoms. The van der Waals surface area contributed by atoms with Gasteiger partial charge in [-0.1, -0.05) is 25.4 Å². The van der Waals surface area contributed by atoms with E-state index in [4.69, 9.17) is 26.8 Å². The Morgan fingerprint density at radius 3 is 2.76 bits per heavy atom. The average molecular weight is 259 g/mol. The van der Waals surface area contributed by atoms with Gasteiger partial charge in [-0.05, 0) is 12.0 Å². The van der Waals surface area contributed by atoms with Gasteiger partial charge < -0.3 is 15.2 Å². The summed E-state index contributed by atoms with van der Waals surface area (Å²) < 4.78 is 10.8. The number of hydrogen-bond donors (Lipinski definition) is 1. The lowest BCUT2D eigenvalue weighted by molar-refractivity contribution is 0.0806. The molecule has 96 valence electrons. The molecule has 4 nitrogen and oxygen atoms in total. The highest BCUT2D eigenvalue weighted by Crippen LogP contribution is 2.17. The van der Waals surface area contributed by atoms with Crippen LogP contribution in [0.4, 0.5) is 0 Å². The Hall–Kier alpha value is -0.840. The third-order valence-electron chi connectivity index (χ3n) is 2.02. The molecule has 0 bridgehead atoms. The van der Waals surface area contributed by atoms with Crippen LogP contribution in [0.15, 0.2) is 12.1 Å². The molecule has 5 heteroatoms. The van der Waals surface area contributed by atoms with Gasteiger partial charge in [0, 0.05) is 19.2 Å². The van der Waals surface area contributed by atoms with Crippen LogP contribution in [0, 0.1) is 5.92 Å². The third kappa shape index (κ3) is 5.35. The molecule has 0 aliphatic rings. The summed E-state index contributed by atoms with van der Waals surface area (Å²) in [5.74, 6) is 1.07. The van der Waals surface area contributed by atoms with E-state index in [-0.39, 0.29) is 0 Å². The molecule has 0 radical (unpaired) electrons. The highest BCUT2D eigenvalue weighted by molar-refractivity contribution is 6.31. The van der Waals surface area contributed by atoms with Crippen LogP contribution in [-0.4, -0.2) is 24.8 Å². The zero-order valence-electron chi connectivity index (χ0n) is 10.3. The second kappa shape index (κ2) is 7.48. The van der Waals surface area contributed by atoms with E-state index < -0.39 is 0 Å². The maximum atomic E-state index is 5.89. The molecular weight excluding hydrogens is 240 g/mol. The summed E-state index contributed by atoms with van der Waals surface area (Å²) in [6, 6.07) is 3.46. The van der Waals surface area contributed by atoms with E-state index in [0.717, 1.165) is 6.61 Å². The van der Waals surface area contributed by atoms with Gasteiger partial charge in [0.2, 0.25) is 5.88 Å². The van der Waals surface area contributed by atoms with Crippen LogP contribution < -0.4 is 10.5 Å². The Labute approximate surface area is 107 Å². The Kier molecular flexibility index (Phi) is 6.26. The molecule has 2 N–H and O–H groups in total. The smallest absolute Gasteiger partial charge is 0.213 e. The minimum Gasteiger partial charge on any atom is -0.475 e. The van der Waals surface area contributed by atoms with E-state index in [1.54, 1.807) is 12.1 Å². The summed E-state index contributed by atoms with van der Waals surface area (Å²) in [6.07, 6.45) is 0. The topological polar surface area (TPSA) is 57.4 Å². The molecule has 0 saturated heterocycles. The Bertz CT molecular complexity index is 345. The fourth-order valence-electron chi connectivity index (χ4n) is 1.21. The van der Waals surface area contributed by atoms with Crippen LogP contribution in [0.5, 0.6) is 5.88 Å². The molecule has 1 aromatic heterocycles. The van der Waals surface area contributed by atoms with Gasteiger partial charge in [0.1, 0.15) is 6.61 Å². The van der Waals surface area contributed by atoms with Crippen LogP contribution in [0.3, 0.4) is 0 Å². The lowest BCUT2D eigenvalue weighted by Crippen LogP contribution is -2.11. The molecule has 0 saturated carbocycles. The Balaban J connectivity index is 2.32. The summed E-state index contributed by atoms with van der Waals surface area (Å²) in [4.78, 5) is 4.19. The first kappa shape index (κ1) is 14.2. The van der Waals surface area contributed by atoms with Gasteiger partial charge in [-0.15, -0.1) is 0 Å². The largest absolute Gasteiger partial charge is 0.475 e. The monoisotopic (exact) mass is 258 g/mol. The van der Waals surface area contributed by atoms with Crippen molar-refractivity contribution >= 4 is 11.6 Å². The van der Waals surface area contributed by atoms with E-state index in [9.17, 15) is 0 Å². The zero-order chi connectivity index (χ0) is 12.7. The summed E-state index contributed by atoms with van der Waals surface area (Å²) in [7, 11) is 0. The van der Waals surface area contributed by atoms with Gasteiger partial charge in [-0.25, -0.2) is 4.98 Å². The fourth-order valence-corrected chi connectivity index (χ4v) is 1.39. The van der Waals surface area contributed by atoms with Crippen LogP contribution in [-0.2, 0) is 11.3 Å². The number of ether oxygens (including phenoxy) is 2. The van der Waals surface area contributed by atoms with E-state index in [1.807, 2.05) is 0 Å². The molecule has 0 spiro atoms. The lowest BCUT2D eigenvalue weighted by Gasteiger charge is -2.09. The standard InChI is InChI=1S/C12H19ClN2O2/c1-9(2)8-16-5-6-17-12-4-3-10(13)11(7-14)15-12/h3-4,9H,5-8,14H2,1-2H3. The first-order valence-electron chi connectivity index (χ1n) is 5.69. The van der Waals surface area contributed by atoms with Crippen molar-refractivity contribution in [2.45, 2.75) is 20.4 Å². The normalized spacial score (nSPS) is 10.9. The molecule has 1 heterocycles. The van der Waals surface area contributed by atoms with Gasteiger partial charge >= 0.3 is 0 Å². The summed E-state index contributed by atoms with van der Waals surface area (Å²) >= 11 is 5.89. The van der Waals surface area contributed by atoms with Gasteiger partial charge in [-0.2, -0.15) is 0 Å². The number of aromatic nitrogens is 1. The average Bonchev–Trinajstić information content (AvgIpc) is 2.30. The third-order valence-corrected chi connectivity index (χ3v) is 2.36. The number of hydrogen-bond acceptors (Lipinski definition) is 4. The van der Waals surface area contributed by atoms with Gasteiger partial charge in [0.05, 0.1) is 17.3 Å². The summed E-state index contributed by atoms with van der Waals surface area (Å²) in [5, 5.41) is 0.566. The number of nitrogens with zero attached hydrogens (tertiary/aromatic N) is 1. The lowest BCUT2D eigenvalue weighted by atomic mass is 10.2. The number of pyridine rings is 1. The van der Waals surface area contributed by atoms with Gasteiger partial charge in [0.15, 0.2) is 0 Å². The van der Waals surface area contributed by atoms with Gasteiger partial charge in [0.25, 0.3) is 0 Å². The maximum Gasteiger partial charge on any atom is 0.213 e. The molecule has 0 aromatic carbocycles. The summed E-state index contributed by atoms with van der Waals surface area (Å²) in [5.41, 5.74) is 6.15. The molecule has 0 atom stereocenters. The van der Waals surface area contributed by atoms with Crippen molar-refractivity contribution in [3.05, 3.63) is 22.8 Å². The zero-order valence-corrected chi connectivity index (χ0v) is 11.0. The second-order valence-electron chi connectivity index (χ2n) is 4.10. The van der Waals surface area contributed by atoms with Crippen molar-refractivity contribution in [3.8, 4) is 5.88 Å². The highest BCUT2D eigenvalue weighted by atomic mass is 35.5. The molecular formula is C12H19ClN2O2. The van der Waals surface area contributed by atoms with E-state index >= 15 is 0 Å². The molecule has 1 rings (SSSR count). The molecule has 0 aliphatic carbocycles. The second-order valence-corrected chi connectivity index (χ2v) is 4.51. The molecule has 1 aromatic rings. The minimum absolute atomic E-state index is 0.305. The molecule has 0 fully saturated rings. The first-order chi connectivity index (χ1) is 8.13. The highest BCUT2D eigenvalue weighted by Gasteiger charge is 2.03. The van der Waals surface area contributed by atoms with E-state index in [1.165, 1.54) is 0 Å². The van der Waals surface area contributed by atoms with Crippen LogP contribution in [0.1, 0.15) is 19.5 Å². The predicted octanol–water partition coefficient (Wildman–Crippen LogP) is 2.25. The predicted molar refractivity (Wildman–Crippen MR) is 68.3 cm³/mol. The van der Waals surface area contributed by atoms with E-state index in [2.05, 4.69) is 18.8 Å². The van der Waals surface area contributed by atoms with Gasteiger partial charge in [-0.3, -0.25) is 0 Å². The molecule has 0 amide bonds.